The zero-order valence-corrected chi connectivity index (χ0v) is 19.9. The topological polar surface area (TPSA) is 0 Å². The molecular formula is C9Br4Cl2F14. The van der Waals surface area contributed by atoms with Gasteiger partial charge in [-0.25, -0.2) is 17.6 Å². The van der Waals surface area contributed by atoms with E-state index in [1.54, 1.807) is 0 Å². The largest absolute Gasteiger partial charge is 0.354 e. The Labute approximate surface area is 194 Å². The molecule has 0 heterocycles. The van der Waals surface area contributed by atoms with E-state index in [0.29, 0.717) is 0 Å². The molecule has 20 heteroatoms. The lowest BCUT2D eigenvalue weighted by Gasteiger charge is -2.46. The van der Waals surface area contributed by atoms with Crippen molar-refractivity contribution in [3.8, 4) is 0 Å². The minimum absolute atomic E-state index is 0.806. The molecule has 0 spiro atoms. The fourth-order valence-corrected chi connectivity index (χ4v) is 3.18. The van der Waals surface area contributed by atoms with Crippen molar-refractivity contribution in [2.45, 2.75) is 46.8 Å². The molecule has 0 aromatic carbocycles. The van der Waals surface area contributed by atoms with Crippen LogP contribution >= 0.6 is 86.9 Å². The SMILES string of the molecule is FC(F)(Br)C(F)(Br)C(F)(F)C(F)(Cl)C(F)(F)C(F)(Cl)C(F)(F)C(F)(Br)C(F)(F)Br. The molecule has 4 unspecified atom stereocenters. The molecule has 0 radical (unpaired) electrons. The van der Waals surface area contributed by atoms with Crippen LogP contribution in [0, 0.1) is 0 Å². The molecule has 0 aromatic heterocycles. The summed E-state index contributed by atoms with van der Waals surface area (Å²) >= 11 is 11.3. The Hall–Kier alpha value is 1.52. The van der Waals surface area contributed by atoms with Crippen LogP contribution in [0.4, 0.5) is 61.5 Å². The lowest BCUT2D eigenvalue weighted by atomic mass is 9.93. The van der Waals surface area contributed by atoms with Crippen molar-refractivity contribution in [3.63, 3.8) is 0 Å². The quantitative estimate of drug-likeness (QED) is 0.171. The van der Waals surface area contributed by atoms with Gasteiger partial charge in [0.1, 0.15) is 0 Å². The van der Waals surface area contributed by atoms with Crippen LogP contribution < -0.4 is 0 Å². The molecule has 29 heavy (non-hydrogen) atoms. The van der Waals surface area contributed by atoms with E-state index < -0.39 is 46.8 Å². The molecule has 0 saturated heterocycles. The van der Waals surface area contributed by atoms with Crippen molar-refractivity contribution in [1.29, 1.82) is 0 Å². The minimum Gasteiger partial charge on any atom is -0.216 e. The molecule has 0 aliphatic rings. The first-order chi connectivity index (χ1) is 12.0. The van der Waals surface area contributed by atoms with E-state index in [2.05, 4.69) is 23.2 Å². The van der Waals surface area contributed by atoms with E-state index in [-0.39, 0.29) is 0 Å². The van der Waals surface area contributed by atoms with Gasteiger partial charge in [-0.05, 0) is 63.7 Å². The molecule has 0 aliphatic heterocycles. The van der Waals surface area contributed by atoms with E-state index >= 15 is 0 Å². The van der Waals surface area contributed by atoms with E-state index in [1.165, 1.54) is 0 Å². The van der Waals surface area contributed by atoms with Gasteiger partial charge < -0.3 is 0 Å². The predicted molar refractivity (Wildman–Crippen MR) is 87.5 cm³/mol. The summed E-state index contributed by atoms with van der Waals surface area (Å²) in [7, 11) is 0. The highest BCUT2D eigenvalue weighted by Gasteiger charge is 2.92. The van der Waals surface area contributed by atoms with Crippen LogP contribution in [-0.2, 0) is 0 Å². The van der Waals surface area contributed by atoms with Gasteiger partial charge in [0, 0.05) is 0 Å². The van der Waals surface area contributed by atoms with Gasteiger partial charge in [-0.3, -0.25) is 0 Å². The summed E-state index contributed by atoms with van der Waals surface area (Å²) in [5.74, 6) is -21.5. The van der Waals surface area contributed by atoms with Crippen LogP contribution in [0.5, 0.6) is 0 Å². The summed E-state index contributed by atoms with van der Waals surface area (Å²) < 4.78 is 178. The maximum atomic E-state index is 14.0. The average Bonchev–Trinajstić information content (AvgIpc) is 2.43. The fraction of sp³-hybridized carbons (Fsp3) is 1.00. The molecule has 0 bridgehead atoms. The summed E-state index contributed by atoms with van der Waals surface area (Å²) in [4.78, 5) is -11.4. The van der Waals surface area contributed by atoms with Gasteiger partial charge in [-0.2, -0.15) is 43.9 Å². The van der Waals surface area contributed by atoms with Crippen molar-refractivity contribution in [1.82, 2.24) is 0 Å². The molecule has 0 aromatic rings. The highest BCUT2D eigenvalue weighted by molar-refractivity contribution is 9.13. The maximum Gasteiger partial charge on any atom is 0.354 e. The summed E-state index contributed by atoms with van der Waals surface area (Å²) in [6, 6.07) is 0. The number of halogens is 20. The molecule has 0 rings (SSSR count). The monoisotopic (exact) mass is 760 g/mol. The van der Waals surface area contributed by atoms with E-state index in [4.69, 9.17) is 0 Å². The van der Waals surface area contributed by atoms with E-state index in [1.807, 2.05) is 0 Å². The molecule has 0 saturated carbocycles. The van der Waals surface area contributed by atoms with Crippen molar-refractivity contribution < 1.29 is 61.5 Å². The van der Waals surface area contributed by atoms with Gasteiger partial charge in [0.25, 0.3) is 0 Å². The first-order valence-electron chi connectivity index (χ1n) is 5.78. The number of alkyl halides is 20. The number of rotatable bonds is 8. The summed E-state index contributed by atoms with van der Waals surface area (Å²) in [5, 5.41) is -13.9. The predicted octanol–water partition coefficient (Wildman–Crippen LogP) is 8.80. The first-order valence-corrected chi connectivity index (χ1v) is 9.71. The zero-order valence-electron chi connectivity index (χ0n) is 12.1. The molecule has 0 fully saturated rings. The maximum absolute atomic E-state index is 14.0. The summed E-state index contributed by atoms with van der Waals surface area (Å²) in [6.45, 7) is 0. The molecule has 176 valence electrons. The molecule has 4 atom stereocenters. The van der Waals surface area contributed by atoms with E-state index in [0.717, 1.165) is 63.7 Å². The average molecular weight is 765 g/mol. The van der Waals surface area contributed by atoms with Gasteiger partial charge in [-0.15, -0.1) is 0 Å². The Morgan fingerprint density at radius 2 is 0.552 bits per heavy atom. The van der Waals surface area contributed by atoms with Gasteiger partial charge >= 0.3 is 46.8 Å². The standard InChI is InChI=1S/C9Br4Cl2F14/c10-1(16,8(12,26)27)5(20,21)3(14,18)7(24,25)4(15,19)6(22,23)2(11,17)9(13,28)29. The Bertz CT molecular complexity index is 572. The van der Waals surface area contributed by atoms with Gasteiger partial charge in [-0.1, -0.05) is 23.2 Å². The van der Waals surface area contributed by atoms with Crippen LogP contribution in [-0.4, -0.2) is 46.8 Å². The van der Waals surface area contributed by atoms with Crippen molar-refractivity contribution >= 4 is 86.9 Å². The van der Waals surface area contributed by atoms with Gasteiger partial charge in [0.05, 0.1) is 0 Å². The summed E-state index contributed by atoms with van der Waals surface area (Å²) in [5.41, 5.74) is 0. The lowest BCUT2D eigenvalue weighted by molar-refractivity contribution is -0.318. The zero-order chi connectivity index (χ0) is 24.5. The molecular weight excluding hydrogens is 765 g/mol. The number of hydrogen-bond donors (Lipinski definition) is 0. The minimum atomic E-state index is -7.44. The van der Waals surface area contributed by atoms with Gasteiger partial charge in [0.2, 0.25) is 0 Å². The normalized spacial score (nSPS) is 23.6. The lowest BCUT2D eigenvalue weighted by Crippen LogP contribution is -2.74. The Morgan fingerprint density at radius 1 is 0.379 bits per heavy atom. The third-order valence-electron chi connectivity index (χ3n) is 3.08. The van der Waals surface area contributed by atoms with Crippen LogP contribution in [0.2, 0.25) is 0 Å². The smallest absolute Gasteiger partial charge is 0.216 e. The molecule has 0 N–H and O–H groups in total. The molecule has 0 nitrogen and oxygen atoms in total. The fourth-order valence-electron chi connectivity index (χ4n) is 1.34. The van der Waals surface area contributed by atoms with Crippen LogP contribution in [0.3, 0.4) is 0 Å². The third-order valence-corrected chi connectivity index (χ3v) is 8.18. The Kier molecular flexibility index (Phi) is 8.20. The third kappa shape index (κ3) is 4.14. The van der Waals surface area contributed by atoms with Crippen molar-refractivity contribution in [3.05, 3.63) is 0 Å². The van der Waals surface area contributed by atoms with Crippen LogP contribution in [0.1, 0.15) is 0 Å². The second-order valence-electron chi connectivity index (χ2n) is 5.02. The van der Waals surface area contributed by atoms with Crippen LogP contribution in [0.25, 0.3) is 0 Å². The highest BCUT2D eigenvalue weighted by atomic mass is 79.9. The second kappa shape index (κ2) is 7.79. The van der Waals surface area contributed by atoms with Gasteiger partial charge in [0.15, 0.2) is 0 Å². The van der Waals surface area contributed by atoms with Crippen molar-refractivity contribution in [2.24, 2.45) is 0 Å². The molecule has 0 amide bonds. The second-order valence-corrected chi connectivity index (χ2v) is 10.2. The van der Waals surface area contributed by atoms with Crippen LogP contribution in [0.15, 0.2) is 0 Å². The number of hydrogen-bond acceptors (Lipinski definition) is 0. The molecule has 0 aliphatic carbocycles. The Morgan fingerprint density at radius 3 is 0.690 bits per heavy atom. The Balaban J connectivity index is 6.82. The van der Waals surface area contributed by atoms with E-state index in [9.17, 15) is 61.5 Å². The highest BCUT2D eigenvalue weighted by Crippen LogP contribution is 2.68. The first kappa shape index (κ1) is 30.5. The van der Waals surface area contributed by atoms with Crippen molar-refractivity contribution in [2.75, 3.05) is 0 Å². The summed E-state index contributed by atoms with van der Waals surface area (Å²) in [6.07, 6.45) is 0.